The van der Waals surface area contributed by atoms with Crippen molar-refractivity contribution in [1.82, 2.24) is 25.4 Å². The number of rotatable bonds is 4. The van der Waals surface area contributed by atoms with Crippen LogP contribution in [0.5, 0.6) is 0 Å². The monoisotopic (exact) mass is 235 g/mol. The van der Waals surface area contributed by atoms with Gasteiger partial charge in [-0.2, -0.15) is 5.10 Å². The van der Waals surface area contributed by atoms with E-state index >= 15 is 0 Å². The molecule has 2 aliphatic rings. The van der Waals surface area contributed by atoms with Gasteiger partial charge in [-0.05, 0) is 32.2 Å². The van der Waals surface area contributed by atoms with Gasteiger partial charge in [0.2, 0.25) is 5.82 Å². The number of aromatic amines is 1. The normalized spacial score (nSPS) is 23.9. The van der Waals surface area contributed by atoms with Crippen molar-refractivity contribution < 1.29 is 4.79 Å². The molecule has 0 aromatic carbocycles. The minimum atomic E-state index is -0.0151. The minimum absolute atomic E-state index is 0.0151. The van der Waals surface area contributed by atoms with E-state index in [0.717, 1.165) is 32.4 Å². The van der Waals surface area contributed by atoms with Crippen LogP contribution in [-0.2, 0) is 0 Å². The second kappa shape index (κ2) is 4.44. The second-order valence-corrected chi connectivity index (χ2v) is 4.82. The lowest BCUT2D eigenvalue weighted by molar-refractivity contribution is 0.0716. The van der Waals surface area contributed by atoms with Gasteiger partial charge in [0.25, 0.3) is 5.91 Å². The fourth-order valence-electron chi connectivity index (χ4n) is 2.38. The van der Waals surface area contributed by atoms with Gasteiger partial charge in [0.1, 0.15) is 6.33 Å². The van der Waals surface area contributed by atoms with Gasteiger partial charge in [-0.1, -0.05) is 0 Å². The van der Waals surface area contributed by atoms with E-state index < -0.39 is 0 Å². The first-order chi connectivity index (χ1) is 8.34. The Labute approximate surface area is 99.8 Å². The number of carbonyl (C=O) groups excluding carboxylic acids is 1. The lowest BCUT2D eigenvalue weighted by atomic mass is 10.2. The highest BCUT2D eigenvalue weighted by atomic mass is 16.2. The summed E-state index contributed by atoms with van der Waals surface area (Å²) in [6.45, 7) is 1.86. The highest BCUT2D eigenvalue weighted by molar-refractivity contribution is 5.90. The maximum atomic E-state index is 12.2. The average molecular weight is 235 g/mol. The Balaban J connectivity index is 1.69. The second-order valence-electron chi connectivity index (χ2n) is 4.82. The van der Waals surface area contributed by atoms with Gasteiger partial charge >= 0.3 is 0 Å². The van der Waals surface area contributed by atoms with Crippen LogP contribution in [-0.4, -0.2) is 51.2 Å². The highest BCUT2D eigenvalue weighted by Gasteiger charge is 2.35. The van der Waals surface area contributed by atoms with E-state index in [1.54, 1.807) is 0 Å². The van der Waals surface area contributed by atoms with E-state index in [9.17, 15) is 4.79 Å². The molecule has 1 aromatic rings. The minimum Gasteiger partial charge on any atom is -0.331 e. The van der Waals surface area contributed by atoms with Crippen molar-refractivity contribution in [2.75, 3.05) is 13.1 Å². The number of H-pyrrole nitrogens is 1. The lowest BCUT2D eigenvalue weighted by Gasteiger charge is -2.24. The number of amides is 1. The third-order valence-electron chi connectivity index (χ3n) is 3.45. The van der Waals surface area contributed by atoms with E-state index in [1.165, 1.54) is 12.7 Å². The van der Waals surface area contributed by atoms with Crippen LogP contribution in [0.1, 0.15) is 36.3 Å². The van der Waals surface area contributed by atoms with Crippen molar-refractivity contribution in [2.45, 2.75) is 37.8 Å². The molecule has 1 saturated heterocycles. The maximum absolute atomic E-state index is 12.2. The van der Waals surface area contributed by atoms with Gasteiger partial charge in [0, 0.05) is 18.6 Å². The zero-order valence-electron chi connectivity index (χ0n) is 9.72. The first kappa shape index (κ1) is 10.7. The smallest absolute Gasteiger partial charge is 0.291 e. The lowest BCUT2D eigenvalue weighted by Crippen LogP contribution is -2.42. The summed E-state index contributed by atoms with van der Waals surface area (Å²) in [6, 6.07) is 0.859. The molecule has 3 rings (SSSR count). The quantitative estimate of drug-likeness (QED) is 0.779. The summed E-state index contributed by atoms with van der Waals surface area (Å²) in [5, 5.41) is 9.82. The molecule has 2 fully saturated rings. The van der Waals surface area contributed by atoms with E-state index in [-0.39, 0.29) is 5.91 Å². The third-order valence-corrected chi connectivity index (χ3v) is 3.45. The number of nitrogens with one attached hydrogen (secondary N) is 2. The Kier molecular flexibility index (Phi) is 2.80. The first-order valence-electron chi connectivity index (χ1n) is 6.24. The summed E-state index contributed by atoms with van der Waals surface area (Å²) < 4.78 is 0. The summed E-state index contributed by atoms with van der Waals surface area (Å²) in [4.78, 5) is 18.1. The van der Waals surface area contributed by atoms with Gasteiger partial charge in [-0.25, -0.2) is 4.98 Å². The summed E-state index contributed by atoms with van der Waals surface area (Å²) in [6.07, 6.45) is 5.98. The molecule has 1 unspecified atom stereocenters. The molecule has 1 aliphatic heterocycles. The van der Waals surface area contributed by atoms with Crippen LogP contribution < -0.4 is 5.32 Å². The van der Waals surface area contributed by atoms with Crippen molar-refractivity contribution >= 4 is 5.91 Å². The van der Waals surface area contributed by atoms with Gasteiger partial charge < -0.3 is 10.2 Å². The van der Waals surface area contributed by atoms with Gasteiger partial charge in [0.05, 0.1) is 0 Å². The molecule has 17 heavy (non-hydrogen) atoms. The van der Waals surface area contributed by atoms with E-state index in [1.807, 2.05) is 4.90 Å². The zero-order chi connectivity index (χ0) is 11.7. The van der Waals surface area contributed by atoms with Gasteiger partial charge in [-0.3, -0.25) is 9.89 Å². The number of carbonyl (C=O) groups is 1. The van der Waals surface area contributed by atoms with Crippen molar-refractivity contribution in [1.29, 1.82) is 0 Å². The molecule has 0 bridgehead atoms. The van der Waals surface area contributed by atoms with E-state index in [4.69, 9.17) is 0 Å². The molecule has 2 N–H and O–H groups in total. The Hall–Kier alpha value is -1.43. The Bertz CT molecular complexity index is 381. The molecule has 0 spiro atoms. The van der Waals surface area contributed by atoms with Crippen LogP contribution in [0.2, 0.25) is 0 Å². The largest absolute Gasteiger partial charge is 0.331 e. The van der Waals surface area contributed by atoms with E-state index in [2.05, 4.69) is 20.5 Å². The number of hydrogen-bond donors (Lipinski definition) is 2. The SMILES string of the molecule is O=C(c1ncn[nH]1)N(CC1CCCN1)C1CC1. The first-order valence-corrected chi connectivity index (χ1v) is 6.24. The van der Waals surface area contributed by atoms with Crippen molar-refractivity contribution in [3.05, 3.63) is 12.2 Å². The molecule has 6 nitrogen and oxygen atoms in total. The molecule has 1 saturated carbocycles. The average Bonchev–Trinajstić information content (AvgIpc) is 2.86. The van der Waals surface area contributed by atoms with Crippen LogP contribution in [0.3, 0.4) is 0 Å². The van der Waals surface area contributed by atoms with Crippen molar-refractivity contribution in [3.8, 4) is 0 Å². The summed E-state index contributed by atoms with van der Waals surface area (Å²) in [5.74, 6) is 0.341. The zero-order valence-corrected chi connectivity index (χ0v) is 9.72. The molecule has 1 aromatic heterocycles. The van der Waals surface area contributed by atoms with Crippen LogP contribution in [0.4, 0.5) is 0 Å². The fourth-order valence-corrected chi connectivity index (χ4v) is 2.38. The molecule has 92 valence electrons. The predicted molar refractivity (Wildman–Crippen MR) is 61.5 cm³/mol. The van der Waals surface area contributed by atoms with E-state index in [0.29, 0.717) is 17.9 Å². The molecule has 0 radical (unpaired) electrons. The molecule has 2 heterocycles. The summed E-state index contributed by atoms with van der Waals surface area (Å²) in [5.41, 5.74) is 0. The highest BCUT2D eigenvalue weighted by Crippen LogP contribution is 2.28. The number of aromatic nitrogens is 3. The summed E-state index contributed by atoms with van der Waals surface area (Å²) in [7, 11) is 0. The number of hydrogen-bond acceptors (Lipinski definition) is 4. The summed E-state index contributed by atoms with van der Waals surface area (Å²) >= 11 is 0. The maximum Gasteiger partial charge on any atom is 0.291 e. The van der Waals surface area contributed by atoms with Gasteiger partial charge in [-0.15, -0.1) is 0 Å². The standard InChI is InChI=1S/C11H17N5O/c17-11(10-13-7-14-15-10)16(9-3-4-9)6-8-2-1-5-12-8/h7-9,12H,1-6H2,(H,13,14,15). The Morgan fingerprint density at radius 3 is 2.94 bits per heavy atom. The molecule has 6 heteroatoms. The molecular weight excluding hydrogens is 218 g/mol. The Morgan fingerprint density at radius 1 is 1.47 bits per heavy atom. The molecule has 1 aliphatic carbocycles. The van der Waals surface area contributed by atoms with Crippen molar-refractivity contribution in [3.63, 3.8) is 0 Å². The van der Waals surface area contributed by atoms with Crippen LogP contribution in [0, 0.1) is 0 Å². The van der Waals surface area contributed by atoms with Crippen LogP contribution in [0.25, 0.3) is 0 Å². The molecular formula is C11H17N5O. The predicted octanol–water partition coefficient (Wildman–Crippen LogP) is 0.161. The Morgan fingerprint density at radius 2 is 2.35 bits per heavy atom. The van der Waals surface area contributed by atoms with Crippen molar-refractivity contribution in [2.24, 2.45) is 0 Å². The third kappa shape index (κ3) is 2.31. The number of nitrogens with zero attached hydrogens (tertiary/aromatic N) is 3. The topological polar surface area (TPSA) is 73.9 Å². The van der Waals surface area contributed by atoms with Crippen LogP contribution >= 0.6 is 0 Å². The fraction of sp³-hybridized carbons (Fsp3) is 0.727. The molecule has 1 amide bonds. The van der Waals surface area contributed by atoms with Gasteiger partial charge in [0.15, 0.2) is 0 Å². The van der Waals surface area contributed by atoms with Crippen LogP contribution in [0.15, 0.2) is 6.33 Å². The molecule has 1 atom stereocenters.